The molecule has 0 fully saturated rings. The number of aromatic amines is 1. The van der Waals surface area contributed by atoms with Gasteiger partial charge in [-0.05, 0) is 17.7 Å². The number of benzene rings is 1. The van der Waals surface area contributed by atoms with Crippen LogP contribution in [0.25, 0.3) is 0 Å². The Kier molecular flexibility index (Phi) is 3.67. The van der Waals surface area contributed by atoms with Crippen LogP contribution in [0.1, 0.15) is 5.56 Å². The van der Waals surface area contributed by atoms with Crippen molar-refractivity contribution in [1.29, 1.82) is 0 Å². The minimum atomic E-state index is -0.0401. The van der Waals surface area contributed by atoms with Crippen LogP contribution in [0, 0.1) is 4.64 Å². The lowest BCUT2D eigenvalue weighted by atomic mass is 10.1. The first kappa shape index (κ1) is 11.5. The zero-order valence-corrected chi connectivity index (χ0v) is 9.96. The first-order valence-corrected chi connectivity index (χ1v) is 5.67. The van der Waals surface area contributed by atoms with E-state index >= 15 is 0 Å². The molecule has 1 aromatic carbocycles. The van der Waals surface area contributed by atoms with Crippen molar-refractivity contribution >= 4 is 23.8 Å². The second-order valence-corrected chi connectivity index (χ2v) is 4.09. The Bertz CT molecular complexity index is 543. The van der Waals surface area contributed by atoms with Crippen molar-refractivity contribution in [2.45, 2.75) is 6.42 Å². The zero-order chi connectivity index (χ0) is 12.1. The Morgan fingerprint density at radius 2 is 1.94 bits per heavy atom. The number of H-pyrrole nitrogens is 1. The number of hydrogen-bond acceptors (Lipinski definition) is 2. The Balaban J connectivity index is 1.98. The quantitative estimate of drug-likeness (QED) is 0.815. The number of aromatic nitrogens is 1. The van der Waals surface area contributed by atoms with Crippen LogP contribution in [-0.2, 0) is 11.2 Å². The zero-order valence-electron chi connectivity index (χ0n) is 9.14. The van der Waals surface area contributed by atoms with Gasteiger partial charge in [-0.15, -0.1) is 0 Å². The standard InChI is InChI=1S/C13H12N2OS/c16-12(8-10-4-2-1-3-5-10)15-11-6-7-13(17)14-9-11/h1-7,9H,8H2,(H,14,17)(H,15,16). The van der Waals surface area contributed by atoms with Gasteiger partial charge in [-0.1, -0.05) is 42.5 Å². The van der Waals surface area contributed by atoms with Gasteiger partial charge in [-0.2, -0.15) is 0 Å². The van der Waals surface area contributed by atoms with Crippen LogP contribution in [0.4, 0.5) is 5.69 Å². The first-order chi connectivity index (χ1) is 8.24. The lowest BCUT2D eigenvalue weighted by Crippen LogP contribution is -2.14. The van der Waals surface area contributed by atoms with Gasteiger partial charge in [0.2, 0.25) is 5.91 Å². The predicted molar refractivity (Wildman–Crippen MR) is 70.4 cm³/mol. The van der Waals surface area contributed by atoms with E-state index in [0.717, 1.165) is 11.3 Å². The van der Waals surface area contributed by atoms with E-state index < -0.39 is 0 Å². The van der Waals surface area contributed by atoms with Crippen molar-refractivity contribution in [1.82, 2.24) is 4.98 Å². The van der Waals surface area contributed by atoms with E-state index in [0.29, 0.717) is 11.1 Å². The van der Waals surface area contributed by atoms with Crippen molar-refractivity contribution in [3.05, 3.63) is 58.9 Å². The average Bonchev–Trinajstić information content (AvgIpc) is 2.33. The van der Waals surface area contributed by atoms with Gasteiger partial charge in [-0.3, -0.25) is 4.79 Å². The van der Waals surface area contributed by atoms with E-state index in [1.165, 1.54) is 0 Å². The van der Waals surface area contributed by atoms with E-state index in [1.54, 1.807) is 18.3 Å². The highest BCUT2D eigenvalue weighted by atomic mass is 32.1. The van der Waals surface area contributed by atoms with Gasteiger partial charge >= 0.3 is 0 Å². The van der Waals surface area contributed by atoms with Crippen molar-refractivity contribution < 1.29 is 4.79 Å². The van der Waals surface area contributed by atoms with Crippen LogP contribution in [0.3, 0.4) is 0 Å². The maximum atomic E-state index is 11.7. The number of anilines is 1. The minimum Gasteiger partial charge on any atom is -0.351 e. The van der Waals surface area contributed by atoms with E-state index in [9.17, 15) is 4.79 Å². The summed E-state index contributed by atoms with van der Waals surface area (Å²) in [4.78, 5) is 14.6. The summed E-state index contributed by atoms with van der Waals surface area (Å²) in [6.07, 6.45) is 2.06. The number of carbonyl (C=O) groups is 1. The highest BCUT2D eigenvalue weighted by Gasteiger charge is 2.03. The summed E-state index contributed by atoms with van der Waals surface area (Å²) in [5.74, 6) is -0.0401. The molecule has 2 rings (SSSR count). The molecule has 0 aliphatic rings. The summed E-state index contributed by atoms with van der Waals surface area (Å²) in [6.45, 7) is 0. The first-order valence-electron chi connectivity index (χ1n) is 5.26. The van der Waals surface area contributed by atoms with Crippen LogP contribution < -0.4 is 5.32 Å². The Hall–Kier alpha value is -1.94. The highest BCUT2D eigenvalue weighted by Crippen LogP contribution is 2.06. The van der Waals surface area contributed by atoms with Crippen molar-refractivity contribution in [2.24, 2.45) is 0 Å². The molecule has 0 bridgehead atoms. The third-order valence-electron chi connectivity index (χ3n) is 2.28. The number of nitrogens with one attached hydrogen (secondary N) is 2. The third-order valence-corrected chi connectivity index (χ3v) is 2.53. The van der Waals surface area contributed by atoms with E-state index in [-0.39, 0.29) is 5.91 Å². The molecule has 2 N–H and O–H groups in total. The molecule has 0 atom stereocenters. The van der Waals surface area contributed by atoms with E-state index in [2.05, 4.69) is 10.3 Å². The van der Waals surface area contributed by atoms with Gasteiger partial charge in [0.15, 0.2) is 0 Å². The largest absolute Gasteiger partial charge is 0.351 e. The lowest BCUT2D eigenvalue weighted by Gasteiger charge is -2.04. The SMILES string of the molecule is O=C(Cc1ccccc1)Nc1ccc(=S)[nH]c1. The van der Waals surface area contributed by atoms with Crippen molar-refractivity contribution in [2.75, 3.05) is 5.32 Å². The fraction of sp³-hybridized carbons (Fsp3) is 0.0769. The second kappa shape index (κ2) is 5.41. The van der Waals surface area contributed by atoms with Gasteiger partial charge < -0.3 is 10.3 Å². The molecule has 86 valence electrons. The van der Waals surface area contributed by atoms with Crippen molar-refractivity contribution in [3.8, 4) is 0 Å². The summed E-state index contributed by atoms with van der Waals surface area (Å²) in [6, 6.07) is 13.1. The summed E-state index contributed by atoms with van der Waals surface area (Å²) < 4.78 is 0.644. The molecule has 0 aliphatic heterocycles. The molecular formula is C13H12N2OS. The molecule has 0 saturated carbocycles. The molecule has 0 saturated heterocycles. The fourth-order valence-corrected chi connectivity index (χ4v) is 1.60. The summed E-state index contributed by atoms with van der Waals surface area (Å²) in [5, 5.41) is 2.80. The Morgan fingerprint density at radius 3 is 2.59 bits per heavy atom. The van der Waals surface area contributed by atoms with E-state index in [1.807, 2.05) is 30.3 Å². The summed E-state index contributed by atoms with van der Waals surface area (Å²) in [5.41, 5.74) is 1.72. The number of pyridine rings is 1. The number of hydrogen-bond donors (Lipinski definition) is 2. The molecule has 1 aromatic heterocycles. The smallest absolute Gasteiger partial charge is 0.228 e. The molecule has 1 heterocycles. The van der Waals surface area contributed by atoms with Gasteiger partial charge in [0.05, 0.1) is 12.1 Å². The van der Waals surface area contributed by atoms with Crippen molar-refractivity contribution in [3.63, 3.8) is 0 Å². The molecular weight excluding hydrogens is 232 g/mol. The van der Waals surface area contributed by atoms with E-state index in [4.69, 9.17) is 12.2 Å². The lowest BCUT2D eigenvalue weighted by molar-refractivity contribution is -0.115. The van der Waals surface area contributed by atoms with Crippen LogP contribution in [-0.4, -0.2) is 10.9 Å². The van der Waals surface area contributed by atoms with Crippen LogP contribution in [0.15, 0.2) is 48.7 Å². The van der Waals surface area contributed by atoms with Crippen LogP contribution >= 0.6 is 12.2 Å². The number of carbonyl (C=O) groups excluding carboxylic acids is 1. The topological polar surface area (TPSA) is 44.9 Å². The third kappa shape index (κ3) is 3.53. The van der Waals surface area contributed by atoms with Crippen LogP contribution in [0.5, 0.6) is 0 Å². The summed E-state index contributed by atoms with van der Waals surface area (Å²) in [7, 11) is 0. The minimum absolute atomic E-state index is 0.0401. The molecule has 1 amide bonds. The average molecular weight is 244 g/mol. The Morgan fingerprint density at radius 1 is 1.18 bits per heavy atom. The maximum absolute atomic E-state index is 11.7. The van der Waals surface area contributed by atoms with Gasteiger partial charge in [0, 0.05) is 6.20 Å². The number of rotatable bonds is 3. The number of amides is 1. The molecule has 0 aliphatic carbocycles. The van der Waals surface area contributed by atoms with Gasteiger partial charge in [0.25, 0.3) is 0 Å². The maximum Gasteiger partial charge on any atom is 0.228 e. The highest BCUT2D eigenvalue weighted by molar-refractivity contribution is 7.71. The van der Waals surface area contributed by atoms with Gasteiger partial charge in [-0.25, -0.2) is 0 Å². The molecule has 2 aromatic rings. The van der Waals surface area contributed by atoms with Crippen LogP contribution in [0.2, 0.25) is 0 Å². The summed E-state index contributed by atoms with van der Waals surface area (Å²) >= 11 is 4.92. The molecule has 17 heavy (non-hydrogen) atoms. The normalized spacial score (nSPS) is 9.88. The van der Waals surface area contributed by atoms with Gasteiger partial charge in [0.1, 0.15) is 4.64 Å². The molecule has 3 nitrogen and oxygen atoms in total. The monoisotopic (exact) mass is 244 g/mol. The molecule has 0 unspecified atom stereocenters. The predicted octanol–water partition coefficient (Wildman–Crippen LogP) is 2.93. The molecule has 0 spiro atoms. The fourth-order valence-electron chi connectivity index (χ4n) is 1.47. The second-order valence-electron chi connectivity index (χ2n) is 3.65. The molecule has 4 heteroatoms. The Labute approximate surface area is 105 Å². The molecule has 0 radical (unpaired) electrons.